The van der Waals surface area contributed by atoms with Gasteiger partial charge in [0.05, 0.1) is 5.54 Å². The van der Waals surface area contributed by atoms with Gasteiger partial charge in [-0.2, -0.15) is 0 Å². The standard InChI is InChI=1S/C19H21N3OS2/c1-19(8-9-25-18(20)22-19)14-5-3-4-13(10-14)11-17(23)16-7-6-15(24-2)12-21-16/h3-7,10,12H,8-9,11H2,1-2H3,(H2,20,22)/t19-/m0/s1. The molecule has 3 rings (SSSR count). The number of rotatable bonds is 5. The van der Waals surface area contributed by atoms with E-state index in [4.69, 9.17) is 5.73 Å². The molecule has 6 heteroatoms. The van der Waals surface area contributed by atoms with Crippen LogP contribution >= 0.6 is 23.5 Å². The zero-order valence-corrected chi connectivity index (χ0v) is 16.0. The van der Waals surface area contributed by atoms with Crippen molar-refractivity contribution in [3.05, 3.63) is 59.4 Å². The van der Waals surface area contributed by atoms with Crippen LogP contribution in [0.5, 0.6) is 0 Å². The lowest BCUT2D eigenvalue weighted by atomic mass is 9.88. The number of carbonyl (C=O) groups is 1. The number of thioether (sulfide) groups is 2. The van der Waals surface area contributed by atoms with Gasteiger partial charge in [-0.05, 0) is 42.9 Å². The summed E-state index contributed by atoms with van der Waals surface area (Å²) in [5.41, 5.74) is 8.19. The lowest BCUT2D eigenvalue weighted by Crippen LogP contribution is -2.28. The molecule has 2 aromatic rings. The topological polar surface area (TPSA) is 68.3 Å². The number of pyridine rings is 1. The molecule has 2 heterocycles. The predicted octanol–water partition coefficient (Wildman–Crippen LogP) is 3.90. The van der Waals surface area contributed by atoms with E-state index in [-0.39, 0.29) is 11.3 Å². The maximum absolute atomic E-state index is 12.5. The monoisotopic (exact) mass is 371 g/mol. The van der Waals surface area contributed by atoms with Crippen LogP contribution in [0.25, 0.3) is 0 Å². The van der Waals surface area contributed by atoms with Gasteiger partial charge in [-0.25, -0.2) is 0 Å². The molecule has 0 fully saturated rings. The third-order valence-electron chi connectivity index (χ3n) is 4.37. The minimum atomic E-state index is -0.313. The van der Waals surface area contributed by atoms with Gasteiger partial charge in [0.25, 0.3) is 0 Å². The van der Waals surface area contributed by atoms with Crippen LogP contribution in [0.1, 0.15) is 35.0 Å². The molecule has 1 aliphatic rings. The van der Waals surface area contributed by atoms with E-state index >= 15 is 0 Å². The Morgan fingerprint density at radius 1 is 1.36 bits per heavy atom. The molecule has 0 aliphatic carbocycles. The van der Waals surface area contributed by atoms with Crippen LogP contribution in [-0.4, -0.2) is 27.9 Å². The summed E-state index contributed by atoms with van der Waals surface area (Å²) in [6.45, 7) is 2.10. The number of aliphatic imine (C=N–C) groups is 1. The van der Waals surface area contributed by atoms with Gasteiger partial charge in [-0.15, -0.1) is 11.8 Å². The number of hydrogen-bond donors (Lipinski definition) is 1. The van der Waals surface area contributed by atoms with Crippen molar-refractivity contribution in [1.82, 2.24) is 4.98 Å². The Balaban J connectivity index is 1.79. The van der Waals surface area contributed by atoms with Crippen LogP contribution in [0.15, 0.2) is 52.5 Å². The van der Waals surface area contributed by atoms with Crippen LogP contribution < -0.4 is 5.73 Å². The Morgan fingerprint density at radius 3 is 2.88 bits per heavy atom. The number of nitrogens with two attached hydrogens (primary N) is 1. The molecule has 0 saturated carbocycles. The number of benzene rings is 1. The number of carbonyl (C=O) groups excluding carboxylic acids is 1. The highest BCUT2D eigenvalue weighted by Gasteiger charge is 2.29. The van der Waals surface area contributed by atoms with Crippen LogP contribution in [0, 0.1) is 0 Å². The van der Waals surface area contributed by atoms with E-state index in [1.807, 2.05) is 24.5 Å². The first kappa shape index (κ1) is 18.0. The maximum atomic E-state index is 12.5. The molecule has 1 aromatic carbocycles. The van der Waals surface area contributed by atoms with Crippen molar-refractivity contribution >= 4 is 34.5 Å². The van der Waals surface area contributed by atoms with E-state index in [0.717, 1.165) is 28.2 Å². The molecule has 0 unspecified atom stereocenters. The lowest BCUT2D eigenvalue weighted by molar-refractivity contribution is 0.0988. The smallest absolute Gasteiger partial charge is 0.185 e. The summed E-state index contributed by atoms with van der Waals surface area (Å²) in [6, 6.07) is 11.8. The van der Waals surface area contributed by atoms with Crippen LogP contribution in [0.4, 0.5) is 0 Å². The lowest BCUT2D eigenvalue weighted by Gasteiger charge is -2.30. The first-order valence-corrected chi connectivity index (χ1v) is 10.3. The van der Waals surface area contributed by atoms with E-state index < -0.39 is 0 Å². The van der Waals surface area contributed by atoms with E-state index in [2.05, 4.69) is 29.0 Å². The maximum Gasteiger partial charge on any atom is 0.185 e. The summed E-state index contributed by atoms with van der Waals surface area (Å²) in [4.78, 5) is 22.5. The van der Waals surface area contributed by atoms with Crippen molar-refractivity contribution in [3.8, 4) is 0 Å². The minimum absolute atomic E-state index is 0.0252. The molecule has 1 aromatic heterocycles. The summed E-state index contributed by atoms with van der Waals surface area (Å²) in [7, 11) is 0. The number of hydrogen-bond acceptors (Lipinski definition) is 6. The second kappa shape index (κ2) is 7.62. The Kier molecular flexibility index (Phi) is 5.49. The molecule has 0 bridgehead atoms. The van der Waals surface area contributed by atoms with Crippen molar-refractivity contribution in [1.29, 1.82) is 0 Å². The highest BCUT2D eigenvalue weighted by molar-refractivity contribution is 8.13. The molecule has 4 nitrogen and oxygen atoms in total. The number of ketones is 1. The van der Waals surface area contributed by atoms with E-state index in [1.54, 1.807) is 35.8 Å². The molecular weight excluding hydrogens is 350 g/mol. The number of nitrogens with zero attached hydrogens (tertiary/aromatic N) is 2. The molecule has 25 heavy (non-hydrogen) atoms. The molecule has 1 atom stereocenters. The summed E-state index contributed by atoms with van der Waals surface area (Å²) in [6.07, 6.45) is 5.01. The molecular formula is C19H21N3OS2. The summed E-state index contributed by atoms with van der Waals surface area (Å²) < 4.78 is 0. The fourth-order valence-corrected chi connectivity index (χ4v) is 4.19. The van der Waals surface area contributed by atoms with Crippen LogP contribution in [0.3, 0.4) is 0 Å². The number of aromatic nitrogens is 1. The van der Waals surface area contributed by atoms with Crippen molar-refractivity contribution in [3.63, 3.8) is 0 Å². The number of amidine groups is 1. The second-order valence-corrected chi connectivity index (χ2v) is 8.20. The van der Waals surface area contributed by atoms with E-state index in [1.165, 1.54) is 0 Å². The first-order valence-electron chi connectivity index (χ1n) is 8.11. The van der Waals surface area contributed by atoms with Gasteiger partial charge in [0.1, 0.15) is 5.69 Å². The normalized spacial score (nSPS) is 20.2. The quantitative estimate of drug-likeness (QED) is 0.638. The fraction of sp³-hybridized carbons (Fsp3) is 0.316. The average Bonchev–Trinajstić information content (AvgIpc) is 2.62. The molecule has 1 aliphatic heterocycles. The average molecular weight is 372 g/mol. The second-order valence-electron chi connectivity index (χ2n) is 6.21. The molecule has 0 amide bonds. The van der Waals surface area contributed by atoms with Gasteiger partial charge >= 0.3 is 0 Å². The van der Waals surface area contributed by atoms with Gasteiger partial charge in [0.2, 0.25) is 0 Å². The highest BCUT2D eigenvalue weighted by atomic mass is 32.2. The molecule has 2 N–H and O–H groups in total. The van der Waals surface area contributed by atoms with E-state index in [9.17, 15) is 4.79 Å². The molecule has 0 saturated heterocycles. The van der Waals surface area contributed by atoms with Crippen LogP contribution in [-0.2, 0) is 12.0 Å². The molecule has 0 spiro atoms. The largest absolute Gasteiger partial charge is 0.379 e. The van der Waals surface area contributed by atoms with Crippen molar-refractivity contribution in [2.45, 2.75) is 30.2 Å². The zero-order chi connectivity index (χ0) is 17.9. The van der Waals surface area contributed by atoms with Crippen molar-refractivity contribution in [2.24, 2.45) is 10.7 Å². The fourth-order valence-electron chi connectivity index (χ4n) is 2.85. The van der Waals surface area contributed by atoms with Crippen molar-refractivity contribution < 1.29 is 4.79 Å². The van der Waals surface area contributed by atoms with Gasteiger partial charge in [0, 0.05) is 23.3 Å². The van der Waals surface area contributed by atoms with Gasteiger partial charge in [-0.1, -0.05) is 36.0 Å². The predicted molar refractivity (Wildman–Crippen MR) is 107 cm³/mol. The molecule has 0 radical (unpaired) electrons. The third-order valence-corrected chi connectivity index (χ3v) is 5.88. The van der Waals surface area contributed by atoms with Crippen LogP contribution in [0.2, 0.25) is 0 Å². The van der Waals surface area contributed by atoms with Crippen molar-refractivity contribution in [2.75, 3.05) is 12.0 Å². The highest BCUT2D eigenvalue weighted by Crippen LogP contribution is 2.35. The van der Waals surface area contributed by atoms with Gasteiger partial charge < -0.3 is 5.73 Å². The third kappa shape index (κ3) is 4.25. The van der Waals surface area contributed by atoms with Gasteiger partial charge in [-0.3, -0.25) is 14.8 Å². The summed E-state index contributed by atoms with van der Waals surface area (Å²) >= 11 is 3.21. The Morgan fingerprint density at radius 2 is 2.20 bits per heavy atom. The van der Waals surface area contributed by atoms with E-state index in [0.29, 0.717) is 17.3 Å². The Hall–Kier alpha value is -1.79. The SMILES string of the molecule is CSc1ccc(C(=O)Cc2cccc([C@]3(C)CCSC(N)=N3)c2)nc1. The number of Topliss-reactive ketones (excluding diaryl/α,β-unsaturated/α-hetero) is 1. The zero-order valence-electron chi connectivity index (χ0n) is 14.4. The van der Waals surface area contributed by atoms with Gasteiger partial charge in [0.15, 0.2) is 11.0 Å². The molecule has 130 valence electrons. The minimum Gasteiger partial charge on any atom is -0.379 e. The summed E-state index contributed by atoms with van der Waals surface area (Å²) in [5.74, 6) is 0.984. The Labute approximate surface area is 156 Å². The first-order chi connectivity index (χ1) is 12.0. The summed E-state index contributed by atoms with van der Waals surface area (Å²) in [5, 5.41) is 0.633. The Bertz CT molecular complexity index is 805.